The molecule has 0 bridgehead atoms. The summed E-state index contributed by atoms with van der Waals surface area (Å²) in [5.41, 5.74) is -0.157. The van der Waals surface area contributed by atoms with Crippen molar-refractivity contribution in [1.29, 1.82) is 0 Å². The molecule has 0 heterocycles. The molecule has 0 aliphatic heterocycles. The van der Waals surface area contributed by atoms with Gasteiger partial charge in [-0.1, -0.05) is 18.2 Å². The first-order valence-corrected chi connectivity index (χ1v) is 5.65. The number of amides is 1. The van der Waals surface area contributed by atoms with E-state index in [0.717, 1.165) is 6.26 Å². The summed E-state index contributed by atoms with van der Waals surface area (Å²) < 4.78 is 47.5. The van der Waals surface area contributed by atoms with Crippen LogP contribution in [0.1, 0.15) is 10.4 Å². The van der Waals surface area contributed by atoms with Gasteiger partial charge in [0.15, 0.2) is 0 Å². The van der Waals surface area contributed by atoms with Crippen molar-refractivity contribution in [1.82, 2.24) is 4.31 Å². The third-order valence-electron chi connectivity index (χ3n) is 1.69. The Morgan fingerprint density at radius 2 is 1.75 bits per heavy atom. The molecule has 0 saturated carbocycles. The number of carbonyl (C=O) groups is 1. The summed E-state index contributed by atoms with van der Waals surface area (Å²) in [6.07, 6.45) is -4.15. The van der Waals surface area contributed by atoms with Gasteiger partial charge in [0.2, 0.25) is 0 Å². The number of hydrogen-bond donors (Lipinski definition) is 0. The molecule has 88 valence electrons. The van der Waals surface area contributed by atoms with Crippen molar-refractivity contribution in [3.8, 4) is 0 Å². The number of alkyl halides is 3. The first-order chi connectivity index (χ1) is 7.34. The van der Waals surface area contributed by atoms with Gasteiger partial charge < -0.3 is 0 Å². The molecule has 16 heavy (non-hydrogen) atoms. The SMILES string of the molecule is CS(=O)N(C(=O)c1ccccc1)C(F)(F)F. The number of rotatable bonds is 2. The summed E-state index contributed by atoms with van der Waals surface area (Å²) in [6, 6.07) is 6.89. The third kappa shape index (κ3) is 2.82. The summed E-state index contributed by atoms with van der Waals surface area (Å²) in [7, 11) is -2.44. The molecule has 1 aromatic carbocycles. The second kappa shape index (κ2) is 4.65. The predicted molar refractivity (Wildman–Crippen MR) is 52.7 cm³/mol. The van der Waals surface area contributed by atoms with Gasteiger partial charge >= 0.3 is 6.30 Å². The molecule has 0 saturated heterocycles. The fraction of sp³-hybridized carbons (Fsp3) is 0.222. The van der Waals surface area contributed by atoms with Crippen LogP contribution >= 0.6 is 0 Å². The Morgan fingerprint density at radius 1 is 1.25 bits per heavy atom. The van der Waals surface area contributed by atoms with E-state index in [2.05, 4.69) is 0 Å². The molecule has 0 aliphatic carbocycles. The van der Waals surface area contributed by atoms with E-state index in [1.54, 1.807) is 6.07 Å². The van der Waals surface area contributed by atoms with Crippen molar-refractivity contribution in [2.24, 2.45) is 0 Å². The molecule has 0 aliphatic rings. The van der Waals surface area contributed by atoms with Gasteiger partial charge in [-0.25, -0.2) is 4.21 Å². The second-order valence-corrected chi connectivity index (χ2v) is 4.07. The quantitative estimate of drug-likeness (QED) is 0.753. The van der Waals surface area contributed by atoms with E-state index in [9.17, 15) is 22.2 Å². The van der Waals surface area contributed by atoms with Crippen molar-refractivity contribution < 1.29 is 22.2 Å². The molecule has 0 spiro atoms. The van der Waals surface area contributed by atoms with Crippen LogP contribution in [0.3, 0.4) is 0 Å². The number of nitrogens with zero attached hydrogens (tertiary/aromatic N) is 1. The third-order valence-corrected chi connectivity index (χ3v) is 2.58. The van der Waals surface area contributed by atoms with E-state index in [0.29, 0.717) is 0 Å². The topological polar surface area (TPSA) is 37.4 Å². The first-order valence-electron chi connectivity index (χ1n) is 4.14. The van der Waals surface area contributed by atoms with Crippen molar-refractivity contribution in [3.63, 3.8) is 0 Å². The van der Waals surface area contributed by atoms with Crippen LogP contribution < -0.4 is 0 Å². The minimum atomic E-state index is -4.95. The molecule has 1 unspecified atom stereocenters. The Morgan fingerprint density at radius 3 is 2.12 bits per heavy atom. The predicted octanol–water partition coefficient (Wildman–Crippen LogP) is 1.94. The largest absolute Gasteiger partial charge is 0.499 e. The van der Waals surface area contributed by atoms with Crippen molar-refractivity contribution in [3.05, 3.63) is 35.9 Å². The molecule has 7 heteroatoms. The lowest BCUT2D eigenvalue weighted by Gasteiger charge is -2.21. The second-order valence-electron chi connectivity index (χ2n) is 2.86. The molecular weight excluding hydrogens is 243 g/mol. The van der Waals surface area contributed by atoms with Gasteiger partial charge in [0.05, 0.1) is 0 Å². The zero-order chi connectivity index (χ0) is 12.3. The Kier molecular flexibility index (Phi) is 3.69. The lowest BCUT2D eigenvalue weighted by atomic mass is 10.2. The average molecular weight is 251 g/mol. The zero-order valence-electron chi connectivity index (χ0n) is 8.19. The van der Waals surface area contributed by atoms with Gasteiger partial charge in [-0.05, 0) is 12.1 Å². The maximum atomic E-state index is 12.4. The van der Waals surface area contributed by atoms with Crippen LogP contribution in [-0.4, -0.2) is 27.0 Å². The van der Waals surface area contributed by atoms with Gasteiger partial charge in [-0.2, -0.15) is 4.31 Å². The van der Waals surface area contributed by atoms with Crippen molar-refractivity contribution in [2.75, 3.05) is 6.26 Å². The minimum absolute atomic E-state index is 0.157. The van der Waals surface area contributed by atoms with E-state index < -0.39 is 27.5 Å². The summed E-state index contributed by atoms with van der Waals surface area (Å²) in [5.74, 6) is -1.33. The monoisotopic (exact) mass is 251 g/mol. The fourth-order valence-corrected chi connectivity index (χ4v) is 1.71. The first kappa shape index (κ1) is 12.7. The smallest absolute Gasteiger partial charge is 0.268 e. The fourth-order valence-electron chi connectivity index (χ4n) is 1.08. The van der Waals surface area contributed by atoms with Crippen LogP contribution in [0.5, 0.6) is 0 Å². The van der Waals surface area contributed by atoms with Gasteiger partial charge in [0, 0.05) is 11.8 Å². The maximum Gasteiger partial charge on any atom is 0.499 e. The van der Waals surface area contributed by atoms with Crippen molar-refractivity contribution in [2.45, 2.75) is 6.30 Å². The molecule has 0 aromatic heterocycles. The highest BCUT2D eigenvalue weighted by atomic mass is 32.2. The van der Waals surface area contributed by atoms with Crippen LogP contribution in [-0.2, 0) is 11.0 Å². The lowest BCUT2D eigenvalue weighted by Crippen LogP contribution is -2.43. The highest BCUT2D eigenvalue weighted by Gasteiger charge is 2.44. The van der Waals surface area contributed by atoms with Crippen LogP contribution in [0.15, 0.2) is 30.3 Å². The minimum Gasteiger partial charge on any atom is -0.268 e. The van der Waals surface area contributed by atoms with Gasteiger partial charge in [0.1, 0.15) is 11.0 Å². The summed E-state index contributed by atoms with van der Waals surface area (Å²) >= 11 is 0. The Bertz CT molecular complexity index is 405. The zero-order valence-corrected chi connectivity index (χ0v) is 9.01. The molecule has 1 rings (SSSR count). The molecule has 1 atom stereocenters. The van der Waals surface area contributed by atoms with Crippen LogP contribution in [0.25, 0.3) is 0 Å². The summed E-state index contributed by atoms with van der Waals surface area (Å²) in [4.78, 5) is 11.4. The van der Waals surface area contributed by atoms with Crippen LogP contribution in [0, 0.1) is 0 Å². The van der Waals surface area contributed by atoms with Gasteiger partial charge in [-0.3, -0.25) is 4.79 Å². The highest BCUT2D eigenvalue weighted by Crippen LogP contribution is 2.24. The Hall–Kier alpha value is -1.37. The van der Waals surface area contributed by atoms with Gasteiger partial charge in [-0.15, -0.1) is 13.2 Å². The molecule has 1 amide bonds. The molecular formula is C9H8F3NO2S. The normalized spacial score (nSPS) is 13.2. The highest BCUT2D eigenvalue weighted by molar-refractivity contribution is 7.82. The van der Waals surface area contributed by atoms with E-state index in [1.165, 1.54) is 24.3 Å². The van der Waals surface area contributed by atoms with Gasteiger partial charge in [0.25, 0.3) is 5.91 Å². The van der Waals surface area contributed by atoms with E-state index in [4.69, 9.17) is 0 Å². The Labute approximate surface area is 92.5 Å². The molecule has 0 radical (unpaired) electrons. The van der Waals surface area contributed by atoms with E-state index in [-0.39, 0.29) is 5.56 Å². The summed E-state index contributed by atoms with van der Waals surface area (Å²) in [6.45, 7) is 0. The number of carbonyl (C=O) groups excluding carboxylic acids is 1. The van der Waals surface area contributed by atoms with E-state index >= 15 is 0 Å². The Balaban J connectivity index is 3.07. The number of halogens is 3. The van der Waals surface area contributed by atoms with E-state index in [1.807, 2.05) is 0 Å². The summed E-state index contributed by atoms with van der Waals surface area (Å²) in [5, 5.41) is 0. The van der Waals surface area contributed by atoms with Crippen LogP contribution in [0.2, 0.25) is 0 Å². The lowest BCUT2D eigenvalue weighted by molar-refractivity contribution is -0.191. The molecule has 0 fully saturated rings. The molecule has 3 nitrogen and oxygen atoms in total. The van der Waals surface area contributed by atoms with Crippen LogP contribution in [0.4, 0.5) is 13.2 Å². The standard InChI is InChI=1S/C9H8F3NO2S/c1-16(15)13(9(10,11)12)8(14)7-5-3-2-4-6-7/h2-6H,1H3. The number of benzene rings is 1. The molecule has 1 aromatic rings. The number of hydrogen-bond acceptors (Lipinski definition) is 2. The molecule has 0 N–H and O–H groups in total. The maximum absolute atomic E-state index is 12.4. The van der Waals surface area contributed by atoms with Crippen molar-refractivity contribution >= 4 is 16.9 Å². The average Bonchev–Trinajstić information content (AvgIpc) is 2.16.